The molecule has 72 valence electrons. The molecule has 0 aromatic heterocycles. The molecule has 1 rings (SSSR count). The minimum absolute atomic E-state index is 0.177. The molecular formula is C11H17NO. The second-order valence-electron chi connectivity index (χ2n) is 3.50. The van der Waals surface area contributed by atoms with E-state index in [2.05, 4.69) is 19.1 Å². The summed E-state index contributed by atoms with van der Waals surface area (Å²) < 4.78 is 5.27. The van der Waals surface area contributed by atoms with Crippen molar-refractivity contribution in [2.75, 3.05) is 7.11 Å². The zero-order valence-electron chi connectivity index (χ0n) is 8.50. The Bertz CT molecular complexity index is 281. The molecule has 0 aliphatic heterocycles. The molecule has 1 aromatic carbocycles. The largest absolute Gasteiger partial charge is 0.496 e. The predicted molar refractivity (Wildman–Crippen MR) is 55.1 cm³/mol. The highest BCUT2D eigenvalue weighted by atomic mass is 16.5. The van der Waals surface area contributed by atoms with Crippen molar-refractivity contribution in [3.05, 3.63) is 29.3 Å². The molecule has 0 heterocycles. The Hall–Kier alpha value is -1.02. The monoisotopic (exact) mass is 179 g/mol. The van der Waals surface area contributed by atoms with E-state index in [4.69, 9.17) is 10.5 Å². The van der Waals surface area contributed by atoms with Crippen LogP contribution in [0.3, 0.4) is 0 Å². The van der Waals surface area contributed by atoms with Gasteiger partial charge in [-0.05, 0) is 37.5 Å². The van der Waals surface area contributed by atoms with E-state index in [1.807, 2.05) is 13.0 Å². The molecule has 0 bridgehead atoms. The van der Waals surface area contributed by atoms with Crippen LogP contribution in [0.4, 0.5) is 0 Å². The van der Waals surface area contributed by atoms with Crippen LogP contribution in [0.5, 0.6) is 5.75 Å². The summed E-state index contributed by atoms with van der Waals surface area (Å²) >= 11 is 0. The minimum atomic E-state index is 0.177. The number of hydrogen-bond donors (Lipinski definition) is 1. The first-order chi connectivity index (χ1) is 6.13. The maximum absolute atomic E-state index is 5.73. The third-order valence-corrected chi connectivity index (χ3v) is 1.98. The molecule has 0 aliphatic carbocycles. The maximum Gasteiger partial charge on any atom is 0.122 e. The van der Waals surface area contributed by atoms with Crippen molar-refractivity contribution in [1.82, 2.24) is 0 Å². The standard InChI is InChI=1S/C11H17NO/c1-8-4-5-10(7-9(2)12)11(6-8)13-3/h4-6,9H,7,12H2,1-3H3/t9-/m1/s1. The number of hydrogen-bond acceptors (Lipinski definition) is 2. The van der Waals surface area contributed by atoms with Crippen LogP contribution < -0.4 is 10.5 Å². The SMILES string of the molecule is COc1cc(C)ccc1C[C@@H](C)N. The predicted octanol–water partition coefficient (Wildman–Crippen LogP) is 1.89. The van der Waals surface area contributed by atoms with E-state index in [0.717, 1.165) is 12.2 Å². The molecule has 0 fully saturated rings. The topological polar surface area (TPSA) is 35.2 Å². The van der Waals surface area contributed by atoms with E-state index in [1.54, 1.807) is 7.11 Å². The van der Waals surface area contributed by atoms with Crippen LogP contribution in [0.2, 0.25) is 0 Å². The lowest BCUT2D eigenvalue weighted by Crippen LogP contribution is -2.18. The lowest BCUT2D eigenvalue weighted by molar-refractivity contribution is 0.408. The van der Waals surface area contributed by atoms with Gasteiger partial charge in [0.2, 0.25) is 0 Å². The van der Waals surface area contributed by atoms with Gasteiger partial charge in [-0.1, -0.05) is 12.1 Å². The number of aryl methyl sites for hydroxylation is 1. The lowest BCUT2D eigenvalue weighted by Gasteiger charge is -2.11. The number of benzene rings is 1. The van der Waals surface area contributed by atoms with Gasteiger partial charge in [0, 0.05) is 6.04 Å². The number of rotatable bonds is 3. The summed E-state index contributed by atoms with van der Waals surface area (Å²) in [6.45, 7) is 4.05. The van der Waals surface area contributed by atoms with Gasteiger partial charge in [-0.25, -0.2) is 0 Å². The summed E-state index contributed by atoms with van der Waals surface area (Å²) in [5.41, 5.74) is 8.13. The highest BCUT2D eigenvalue weighted by Crippen LogP contribution is 2.20. The van der Waals surface area contributed by atoms with Gasteiger partial charge in [0.15, 0.2) is 0 Å². The van der Waals surface area contributed by atoms with Crippen LogP contribution in [-0.2, 0) is 6.42 Å². The molecule has 0 radical (unpaired) electrons. The Labute approximate surface area is 79.7 Å². The van der Waals surface area contributed by atoms with Crippen molar-refractivity contribution in [2.24, 2.45) is 5.73 Å². The number of ether oxygens (including phenoxy) is 1. The molecule has 0 unspecified atom stereocenters. The third-order valence-electron chi connectivity index (χ3n) is 1.98. The molecule has 1 aromatic rings. The molecule has 2 N–H and O–H groups in total. The van der Waals surface area contributed by atoms with E-state index >= 15 is 0 Å². The van der Waals surface area contributed by atoms with Gasteiger partial charge in [0.1, 0.15) is 5.75 Å². The van der Waals surface area contributed by atoms with Crippen molar-refractivity contribution < 1.29 is 4.74 Å². The molecule has 0 saturated carbocycles. The van der Waals surface area contributed by atoms with Gasteiger partial charge in [0.05, 0.1) is 7.11 Å². The summed E-state index contributed by atoms with van der Waals surface area (Å²) in [5, 5.41) is 0. The molecule has 0 saturated heterocycles. The van der Waals surface area contributed by atoms with Gasteiger partial charge in [-0.15, -0.1) is 0 Å². The number of methoxy groups -OCH3 is 1. The first kappa shape index (κ1) is 10.1. The molecule has 2 heteroatoms. The summed E-state index contributed by atoms with van der Waals surface area (Å²) in [6.07, 6.45) is 0.865. The quantitative estimate of drug-likeness (QED) is 0.769. The summed E-state index contributed by atoms with van der Waals surface area (Å²) in [7, 11) is 1.69. The molecule has 0 spiro atoms. The Morgan fingerprint density at radius 3 is 2.69 bits per heavy atom. The zero-order chi connectivity index (χ0) is 9.84. The van der Waals surface area contributed by atoms with Crippen molar-refractivity contribution in [3.8, 4) is 5.75 Å². The fraction of sp³-hybridized carbons (Fsp3) is 0.455. The Morgan fingerprint density at radius 2 is 2.15 bits per heavy atom. The molecule has 0 amide bonds. The first-order valence-electron chi connectivity index (χ1n) is 4.52. The van der Waals surface area contributed by atoms with Crippen molar-refractivity contribution in [2.45, 2.75) is 26.3 Å². The van der Waals surface area contributed by atoms with E-state index in [0.29, 0.717) is 0 Å². The highest BCUT2D eigenvalue weighted by Gasteiger charge is 2.04. The van der Waals surface area contributed by atoms with Crippen LogP contribution in [0.15, 0.2) is 18.2 Å². The fourth-order valence-corrected chi connectivity index (χ4v) is 1.37. The minimum Gasteiger partial charge on any atom is -0.496 e. The van der Waals surface area contributed by atoms with Crippen molar-refractivity contribution in [3.63, 3.8) is 0 Å². The smallest absolute Gasteiger partial charge is 0.122 e. The van der Waals surface area contributed by atoms with E-state index in [9.17, 15) is 0 Å². The summed E-state index contributed by atoms with van der Waals surface area (Å²) in [6, 6.07) is 6.38. The van der Waals surface area contributed by atoms with E-state index < -0.39 is 0 Å². The second-order valence-corrected chi connectivity index (χ2v) is 3.50. The lowest BCUT2D eigenvalue weighted by atomic mass is 10.0. The van der Waals surface area contributed by atoms with Crippen LogP contribution in [0, 0.1) is 6.92 Å². The van der Waals surface area contributed by atoms with Crippen LogP contribution in [0.1, 0.15) is 18.1 Å². The zero-order valence-corrected chi connectivity index (χ0v) is 8.50. The maximum atomic E-state index is 5.73. The highest BCUT2D eigenvalue weighted by molar-refractivity contribution is 5.37. The Kier molecular flexibility index (Phi) is 3.32. The molecule has 0 aliphatic rings. The molecule has 2 nitrogen and oxygen atoms in total. The fourth-order valence-electron chi connectivity index (χ4n) is 1.37. The molecule has 1 atom stereocenters. The Balaban J connectivity index is 2.92. The second kappa shape index (κ2) is 4.28. The normalized spacial score (nSPS) is 12.6. The van der Waals surface area contributed by atoms with E-state index in [-0.39, 0.29) is 6.04 Å². The van der Waals surface area contributed by atoms with Crippen LogP contribution >= 0.6 is 0 Å². The van der Waals surface area contributed by atoms with Crippen molar-refractivity contribution >= 4 is 0 Å². The summed E-state index contributed by atoms with van der Waals surface area (Å²) in [4.78, 5) is 0. The van der Waals surface area contributed by atoms with Gasteiger partial charge in [0.25, 0.3) is 0 Å². The average molecular weight is 179 g/mol. The Morgan fingerprint density at radius 1 is 1.46 bits per heavy atom. The van der Waals surface area contributed by atoms with Gasteiger partial charge < -0.3 is 10.5 Å². The van der Waals surface area contributed by atoms with Crippen molar-refractivity contribution in [1.29, 1.82) is 0 Å². The molecular weight excluding hydrogens is 162 g/mol. The van der Waals surface area contributed by atoms with Crippen LogP contribution in [-0.4, -0.2) is 13.2 Å². The van der Waals surface area contributed by atoms with Gasteiger partial charge in [-0.3, -0.25) is 0 Å². The van der Waals surface area contributed by atoms with Gasteiger partial charge >= 0.3 is 0 Å². The van der Waals surface area contributed by atoms with Gasteiger partial charge in [-0.2, -0.15) is 0 Å². The first-order valence-corrected chi connectivity index (χ1v) is 4.52. The average Bonchev–Trinajstić information content (AvgIpc) is 2.07. The number of nitrogens with two attached hydrogens (primary N) is 1. The summed E-state index contributed by atoms with van der Waals surface area (Å²) in [5.74, 6) is 0.942. The molecule has 13 heavy (non-hydrogen) atoms. The van der Waals surface area contributed by atoms with Crippen LogP contribution in [0.25, 0.3) is 0 Å². The third kappa shape index (κ3) is 2.74. The van der Waals surface area contributed by atoms with E-state index in [1.165, 1.54) is 11.1 Å².